The zero-order chi connectivity index (χ0) is 24.2. The molecule has 174 valence electrons. The van der Waals surface area contributed by atoms with E-state index in [0.717, 1.165) is 23.4 Å². The van der Waals surface area contributed by atoms with E-state index < -0.39 is 0 Å². The average Bonchev–Trinajstić information content (AvgIpc) is 3.08. The second kappa shape index (κ2) is 9.96. The van der Waals surface area contributed by atoms with Crippen LogP contribution in [-0.4, -0.2) is 18.4 Å². The highest BCUT2D eigenvalue weighted by Gasteiger charge is 2.40. The maximum Gasteiger partial charge on any atom is 0.282 e. The molecule has 5 nitrogen and oxygen atoms in total. The van der Waals surface area contributed by atoms with E-state index in [-0.39, 0.29) is 17.5 Å². The number of anilines is 2. The van der Waals surface area contributed by atoms with Gasteiger partial charge in [0.15, 0.2) is 0 Å². The number of nitrogens with one attached hydrogen (secondary N) is 1. The predicted octanol–water partition coefficient (Wildman–Crippen LogP) is 5.99. The van der Waals surface area contributed by atoms with Gasteiger partial charge in [0.2, 0.25) is 0 Å². The summed E-state index contributed by atoms with van der Waals surface area (Å²) in [4.78, 5) is 28.5. The van der Waals surface area contributed by atoms with Crippen molar-refractivity contribution in [3.05, 3.63) is 95.2 Å². The van der Waals surface area contributed by atoms with Gasteiger partial charge in [0, 0.05) is 5.69 Å². The van der Waals surface area contributed by atoms with E-state index in [4.69, 9.17) is 4.74 Å². The maximum absolute atomic E-state index is 13.6. The Balaban J connectivity index is 1.74. The maximum atomic E-state index is 13.6. The van der Waals surface area contributed by atoms with E-state index in [1.165, 1.54) is 10.5 Å². The molecule has 1 aliphatic rings. The number of rotatable bonds is 8. The van der Waals surface area contributed by atoms with Crippen LogP contribution in [0.5, 0.6) is 5.75 Å². The number of carbonyl (C=O) groups excluding carboxylic acids is 2. The number of nitrogens with zero attached hydrogens (tertiary/aromatic N) is 1. The largest absolute Gasteiger partial charge is 0.493 e. The lowest BCUT2D eigenvalue weighted by Crippen LogP contribution is -2.33. The van der Waals surface area contributed by atoms with Gasteiger partial charge < -0.3 is 10.1 Å². The van der Waals surface area contributed by atoms with Crippen LogP contribution in [0.1, 0.15) is 37.5 Å². The van der Waals surface area contributed by atoms with E-state index in [1.54, 1.807) is 6.07 Å². The number of aryl methyl sites for hydroxylation is 2. The van der Waals surface area contributed by atoms with E-state index in [0.29, 0.717) is 29.3 Å². The molecule has 0 bridgehead atoms. The quantitative estimate of drug-likeness (QED) is 0.425. The molecule has 1 heterocycles. The van der Waals surface area contributed by atoms with Crippen molar-refractivity contribution in [3.63, 3.8) is 0 Å². The van der Waals surface area contributed by atoms with Crippen LogP contribution >= 0.6 is 0 Å². The number of hydrogen-bond acceptors (Lipinski definition) is 4. The summed E-state index contributed by atoms with van der Waals surface area (Å²) in [7, 11) is 0. The SMILES string of the molecule is CCc1ccc(NC2=C(c3ccc(OCC(C)C)cc3)C(=O)N(c3ccccc3C)C2=O)cc1. The Hall–Kier alpha value is -3.86. The number of ether oxygens (including phenoxy) is 1. The van der Waals surface area contributed by atoms with Gasteiger partial charge in [-0.2, -0.15) is 0 Å². The van der Waals surface area contributed by atoms with Crippen LogP contribution in [-0.2, 0) is 16.0 Å². The molecule has 0 aromatic heterocycles. The Bertz CT molecular complexity index is 1220. The minimum atomic E-state index is -0.367. The first-order valence-electron chi connectivity index (χ1n) is 11.7. The summed E-state index contributed by atoms with van der Waals surface area (Å²) in [5.74, 6) is 0.432. The lowest BCUT2D eigenvalue weighted by Gasteiger charge is -2.17. The summed E-state index contributed by atoms with van der Waals surface area (Å²) in [5.41, 5.74) is 4.69. The fourth-order valence-corrected chi connectivity index (χ4v) is 3.90. The van der Waals surface area contributed by atoms with Gasteiger partial charge >= 0.3 is 0 Å². The summed E-state index contributed by atoms with van der Waals surface area (Å²) < 4.78 is 5.79. The van der Waals surface area contributed by atoms with Crippen LogP contribution in [0.15, 0.2) is 78.5 Å². The van der Waals surface area contributed by atoms with Crippen molar-refractivity contribution in [2.75, 3.05) is 16.8 Å². The molecular formula is C29H30N2O3. The fourth-order valence-electron chi connectivity index (χ4n) is 3.90. The van der Waals surface area contributed by atoms with Gasteiger partial charge in [-0.3, -0.25) is 9.59 Å². The molecule has 1 aliphatic heterocycles. The van der Waals surface area contributed by atoms with Crippen LogP contribution in [0.4, 0.5) is 11.4 Å². The number of carbonyl (C=O) groups is 2. The normalized spacial score (nSPS) is 13.7. The molecule has 0 fully saturated rings. The Morgan fingerprint density at radius 2 is 1.56 bits per heavy atom. The molecule has 0 saturated carbocycles. The molecule has 34 heavy (non-hydrogen) atoms. The van der Waals surface area contributed by atoms with Gasteiger partial charge in [-0.05, 0) is 66.3 Å². The molecule has 0 unspecified atom stereocenters. The molecular weight excluding hydrogens is 424 g/mol. The highest BCUT2D eigenvalue weighted by molar-refractivity contribution is 6.46. The van der Waals surface area contributed by atoms with Crippen molar-refractivity contribution in [3.8, 4) is 5.75 Å². The third kappa shape index (κ3) is 4.74. The van der Waals surface area contributed by atoms with Crippen LogP contribution in [0.25, 0.3) is 5.57 Å². The molecule has 0 atom stereocenters. The van der Waals surface area contributed by atoms with Crippen molar-refractivity contribution in [1.82, 2.24) is 0 Å². The van der Waals surface area contributed by atoms with Gasteiger partial charge in [0.25, 0.3) is 11.8 Å². The molecule has 0 radical (unpaired) electrons. The van der Waals surface area contributed by atoms with E-state index >= 15 is 0 Å². The van der Waals surface area contributed by atoms with Crippen molar-refractivity contribution in [2.45, 2.75) is 34.1 Å². The fraction of sp³-hybridized carbons (Fsp3) is 0.241. The Kier molecular flexibility index (Phi) is 6.82. The first-order chi connectivity index (χ1) is 16.4. The number of benzene rings is 3. The third-order valence-electron chi connectivity index (χ3n) is 5.80. The Labute approximate surface area is 201 Å². The lowest BCUT2D eigenvalue weighted by molar-refractivity contribution is -0.120. The molecule has 1 N–H and O–H groups in total. The van der Waals surface area contributed by atoms with Gasteiger partial charge in [-0.1, -0.05) is 63.2 Å². The third-order valence-corrected chi connectivity index (χ3v) is 5.80. The van der Waals surface area contributed by atoms with E-state index in [9.17, 15) is 9.59 Å². The van der Waals surface area contributed by atoms with Crippen molar-refractivity contribution >= 4 is 28.8 Å². The zero-order valence-corrected chi connectivity index (χ0v) is 20.1. The predicted molar refractivity (Wildman–Crippen MR) is 137 cm³/mol. The second-order valence-corrected chi connectivity index (χ2v) is 8.89. The first kappa shape index (κ1) is 23.3. The first-order valence-corrected chi connectivity index (χ1v) is 11.7. The zero-order valence-electron chi connectivity index (χ0n) is 20.1. The Morgan fingerprint density at radius 3 is 2.18 bits per heavy atom. The van der Waals surface area contributed by atoms with Gasteiger partial charge in [0.05, 0.1) is 17.9 Å². The number of hydrogen-bond donors (Lipinski definition) is 1. The van der Waals surface area contributed by atoms with E-state index in [2.05, 4.69) is 26.1 Å². The second-order valence-electron chi connectivity index (χ2n) is 8.89. The number of amides is 2. The lowest BCUT2D eigenvalue weighted by atomic mass is 10.0. The topological polar surface area (TPSA) is 58.6 Å². The highest BCUT2D eigenvalue weighted by atomic mass is 16.5. The van der Waals surface area contributed by atoms with Gasteiger partial charge in [-0.25, -0.2) is 4.90 Å². The monoisotopic (exact) mass is 454 g/mol. The summed E-state index contributed by atoms with van der Waals surface area (Å²) in [5, 5.41) is 3.23. The van der Waals surface area contributed by atoms with Crippen LogP contribution in [0.3, 0.4) is 0 Å². The van der Waals surface area contributed by atoms with Crippen LogP contribution in [0, 0.1) is 12.8 Å². The molecule has 3 aromatic carbocycles. The smallest absolute Gasteiger partial charge is 0.282 e. The van der Waals surface area contributed by atoms with Crippen LogP contribution < -0.4 is 15.0 Å². The standard InChI is InChI=1S/C29H30N2O3/c1-5-21-10-14-23(15-11-21)30-27-26(22-12-16-24(17-13-22)34-18-19(2)3)28(32)31(29(27)33)25-9-7-6-8-20(25)4/h6-17,19,30H,5,18H2,1-4H3. The molecule has 0 aliphatic carbocycles. The van der Waals surface area contributed by atoms with Gasteiger partial charge in [0.1, 0.15) is 11.4 Å². The summed E-state index contributed by atoms with van der Waals surface area (Å²) in [6.45, 7) is 8.78. The van der Waals surface area contributed by atoms with Crippen LogP contribution in [0.2, 0.25) is 0 Å². The highest BCUT2D eigenvalue weighted by Crippen LogP contribution is 2.35. The molecule has 3 aromatic rings. The summed E-state index contributed by atoms with van der Waals surface area (Å²) in [6, 6.07) is 22.7. The molecule has 4 rings (SSSR count). The number of para-hydroxylation sites is 1. The van der Waals surface area contributed by atoms with Gasteiger partial charge in [-0.15, -0.1) is 0 Å². The minimum Gasteiger partial charge on any atom is -0.493 e. The average molecular weight is 455 g/mol. The number of imide groups is 1. The summed E-state index contributed by atoms with van der Waals surface area (Å²) >= 11 is 0. The molecule has 2 amide bonds. The molecule has 0 spiro atoms. The Morgan fingerprint density at radius 1 is 0.882 bits per heavy atom. The molecule has 0 saturated heterocycles. The van der Waals surface area contributed by atoms with Crippen molar-refractivity contribution in [2.24, 2.45) is 5.92 Å². The molecule has 5 heteroatoms. The van der Waals surface area contributed by atoms with Crippen molar-refractivity contribution < 1.29 is 14.3 Å². The minimum absolute atomic E-state index is 0.272. The summed E-state index contributed by atoms with van der Waals surface area (Å²) in [6.07, 6.45) is 0.929. The van der Waals surface area contributed by atoms with Crippen molar-refractivity contribution in [1.29, 1.82) is 0 Å². The van der Waals surface area contributed by atoms with E-state index in [1.807, 2.05) is 73.7 Å².